The molecule has 0 spiro atoms. The molecule has 1 aliphatic rings. The summed E-state index contributed by atoms with van der Waals surface area (Å²) in [6.07, 6.45) is 0.842. The zero-order chi connectivity index (χ0) is 26.9. The minimum absolute atomic E-state index is 0.000670. The lowest BCUT2D eigenvalue weighted by molar-refractivity contribution is -0.132. The van der Waals surface area contributed by atoms with Gasteiger partial charge in [-0.15, -0.1) is 0 Å². The summed E-state index contributed by atoms with van der Waals surface area (Å²) in [5.41, 5.74) is 3.27. The first-order chi connectivity index (χ1) is 17.6. The van der Waals surface area contributed by atoms with Crippen LogP contribution in [-0.4, -0.2) is 28.5 Å². The Balaban J connectivity index is 1.93. The fourth-order valence-electron chi connectivity index (χ4n) is 4.66. The Kier molecular flexibility index (Phi) is 7.12. The lowest BCUT2D eigenvalue weighted by Crippen LogP contribution is -2.29. The number of rotatable bonds is 6. The lowest BCUT2D eigenvalue weighted by Gasteiger charge is -2.26. The Labute approximate surface area is 217 Å². The van der Waals surface area contributed by atoms with Gasteiger partial charge in [0.15, 0.2) is 0 Å². The first-order valence-corrected chi connectivity index (χ1v) is 12.5. The molecule has 192 valence electrons. The number of anilines is 1. The Hall–Kier alpha value is -4.06. The normalized spacial score (nSPS) is 17.3. The summed E-state index contributed by atoms with van der Waals surface area (Å²) in [5, 5.41) is 21.4. The van der Waals surface area contributed by atoms with Gasteiger partial charge in [-0.2, -0.15) is 0 Å². The highest BCUT2D eigenvalue weighted by molar-refractivity contribution is 6.51. The number of aliphatic hydroxyl groups excluding tert-OH is 1. The van der Waals surface area contributed by atoms with E-state index in [0.29, 0.717) is 29.2 Å². The van der Waals surface area contributed by atoms with Crippen LogP contribution in [0, 0.1) is 0 Å². The van der Waals surface area contributed by atoms with Gasteiger partial charge in [-0.05, 0) is 72.4 Å². The number of benzene rings is 3. The van der Waals surface area contributed by atoms with Crippen molar-refractivity contribution in [3.8, 4) is 11.5 Å². The zero-order valence-electron chi connectivity index (χ0n) is 21.9. The van der Waals surface area contributed by atoms with Gasteiger partial charge < -0.3 is 14.9 Å². The van der Waals surface area contributed by atoms with Crippen molar-refractivity contribution >= 4 is 23.1 Å². The van der Waals surface area contributed by atoms with Gasteiger partial charge in [0, 0.05) is 16.8 Å². The number of Topliss-reactive ketones (excluding diaryl/α,β-unsaturated/α-hetero) is 1. The van der Waals surface area contributed by atoms with Crippen LogP contribution >= 0.6 is 0 Å². The van der Waals surface area contributed by atoms with E-state index < -0.39 is 17.7 Å². The number of aromatic hydroxyl groups is 1. The molecule has 0 bridgehead atoms. The number of hydrogen-bond donors (Lipinski definition) is 2. The van der Waals surface area contributed by atoms with E-state index in [1.165, 1.54) is 17.0 Å². The molecule has 1 heterocycles. The Morgan fingerprint density at radius 1 is 0.946 bits per heavy atom. The average Bonchev–Trinajstić information content (AvgIpc) is 3.14. The van der Waals surface area contributed by atoms with Gasteiger partial charge >= 0.3 is 0 Å². The molecule has 1 saturated heterocycles. The molecule has 1 atom stereocenters. The fraction of sp³-hybridized carbons (Fsp3) is 0.290. The van der Waals surface area contributed by atoms with E-state index in [1.807, 2.05) is 65.0 Å². The number of amides is 1. The molecular formula is C31H33NO5. The van der Waals surface area contributed by atoms with Crippen LogP contribution in [-0.2, 0) is 21.4 Å². The van der Waals surface area contributed by atoms with Gasteiger partial charge in [-0.25, -0.2) is 0 Å². The fourth-order valence-corrected chi connectivity index (χ4v) is 4.66. The SMILES string of the molecule is CCOc1ccc(/C(O)=C2/C(=O)C(=O)N(c3ccc(CC)cc3)C2c2ccc(O)cc2)cc1C(C)(C)C. The van der Waals surface area contributed by atoms with Crippen LogP contribution in [0.15, 0.2) is 72.3 Å². The molecule has 4 rings (SSSR count). The third kappa shape index (κ3) is 4.96. The predicted molar refractivity (Wildman–Crippen MR) is 145 cm³/mol. The Bertz CT molecular complexity index is 1350. The minimum atomic E-state index is -0.863. The first kappa shape index (κ1) is 26.0. The van der Waals surface area contributed by atoms with Gasteiger partial charge in [0.25, 0.3) is 11.7 Å². The number of nitrogens with zero attached hydrogens (tertiary/aromatic N) is 1. The summed E-state index contributed by atoms with van der Waals surface area (Å²) in [6, 6.07) is 18.2. The van der Waals surface area contributed by atoms with Crippen molar-refractivity contribution in [3.63, 3.8) is 0 Å². The minimum Gasteiger partial charge on any atom is -0.508 e. The van der Waals surface area contributed by atoms with Crippen LogP contribution in [0.2, 0.25) is 0 Å². The maximum Gasteiger partial charge on any atom is 0.300 e. The second kappa shape index (κ2) is 10.1. The average molecular weight is 500 g/mol. The molecule has 2 N–H and O–H groups in total. The number of carbonyl (C=O) groups excluding carboxylic acids is 2. The Morgan fingerprint density at radius 2 is 1.59 bits per heavy atom. The number of ketones is 1. The number of aryl methyl sites for hydroxylation is 1. The molecule has 37 heavy (non-hydrogen) atoms. The molecule has 6 nitrogen and oxygen atoms in total. The third-order valence-corrected chi connectivity index (χ3v) is 6.64. The summed E-state index contributed by atoms with van der Waals surface area (Å²) in [4.78, 5) is 28.2. The van der Waals surface area contributed by atoms with Crippen LogP contribution in [0.25, 0.3) is 5.76 Å². The van der Waals surface area contributed by atoms with Crippen molar-refractivity contribution in [1.29, 1.82) is 0 Å². The molecule has 1 amide bonds. The van der Waals surface area contributed by atoms with Crippen molar-refractivity contribution in [3.05, 3.63) is 94.6 Å². The molecule has 0 radical (unpaired) electrons. The Morgan fingerprint density at radius 3 is 2.16 bits per heavy atom. The highest BCUT2D eigenvalue weighted by Gasteiger charge is 2.47. The van der Waals surface area contributed by atoms with Crippen LogP contribution < -0.4 is 9.64 Å². The van der Waals surface area contributed by atoms with Crippen molar-refractivity contribution in [1.82, 2.24) is 0 Å². The van der Waals surface area contributed by atoms with E-state index in [9.17, 15) is 19.8 Å². The lowest BCUT2D eigenvalue weighted by atomic mass is 9.84. The van der Waals surface area contributed by atoms with Crippen molar-refractivity contribution < 1.29 is 24.5 Å². The smallest absolute Gasteiger partial charge is 0.300 e. The van der Waals surface area contributed by atoms with Crippen LogP contribution in [0.1, 0.15) is 62.9 Å². The topological polar surface area (TPSA) is 87.1 Å². The van der Waals surface area contributed by atoms with Crippen molar-refractivity contribution in [2.45, 2.75) is 52.5 Å². The van der Waals surface area contributed by atoms with Crippen LogP contribution in [0.3, 0.4) is 0 Å². The van der Waals surface area contributed by atoms with Gasteiger partial charge in [0.1, 0.15) is 17.3 Å². The third-order valence-electron chi connectivity index (χ3n) is 6.64. The number of aliphatic hydroxyl groups is 1. The number of carbonyl (C=O) groups is 2. The summed E-state index contributed by atoms with van der Waals surface area (Å²) < 4.78 is 5.81. The number of phenols is 1. The molecule has 0 aliphatic carbocycles. The number of ether oxygens (including phenoxy) is 1. The van der Waals surface area contributed by atoms with Crippen LogP contribution in [0.4, 0.5) is 5.69 Å². The van der Waals surface area contributed by atoms with Crippen molar-refractivity contribution in [2.24, 2.45) is 0 Å². The summed E-state index contributed by atoms with van der Waals surface area (Å²) in [6.45, 7) is 10.6. The molecule has 1 unspecified atom stereocenters. The van der Waals surface area contributed by atoms with Crippen molar-refractivity contribution in [2.75, 3.05) is 11.5 Å². The molecule has 0 aromatic heterocycles. The maximum atomic E-state index is 13.4. The molecule has 6 heteroatoms. The van der Waals surface area contributed by atoms with Gasteiger partial charge in [0.2, 0.25) is 0 Å². The highest BCUT2D eigenvalue weighted by Crippen LogP contribution is 2.43. The van der Waals surface area contributed by atoms with Gasteiger partial charge in [-0.3, -0.25) is 14.5 Å². The molecule has 3 aromatic rings. The van der Waals surface area contributed by atoms with Crippen LogP contribution in [0.5, 0.6) is 11.5 Å². The molecule has 1 aliphatic heterocycles. The molecular weight excluding hydrogens is 466 g/mol. The van der Waals surface area contributed by atoms with E-state index in [-0.39, 0.29) is 22.5 Å². The number of hydrogen-bond acceptors (Lipinski definition) is 5. The summed E-state index contributed by atoms with van der Waals surface area (Å²) >= 11 is 0. The first-order valence-electron chi connectivity index (χ1n) is 12.5. The molecule has 3 aromatic carbocycles. The maximum absolute atomic E-state index is 13.4. The molecule has 0 saturated carbocycles. The standard InChI is InChI=1S/C31H33NO5/c1-6-19-8-13-22(14-9-19)32-27(20-10-15-23(33)16-11-20)26(29(35)30(32)36)28(34)21-12-17-25(37-7-2)24(18-21)31(3,4)5/h8-18,27,33-34H,6-7H2,1-5H3/b28-26-. The summed E-state index contributed by atoms with van der Waals surface area (Å²) in [7, 11) is 0. The second-order valence-electron chi connectivity index (χ2n) is 10.2. The highest BCUT2D eigenvalue weighted by atomic mass is 16.5. The monoisotopic (exact) mass is 499 g/mol. The van der Waals surface area contributed by atoms with E-state index in [2.05, 4.69) is 0 Å². The van der Waals surface area contributed by atoms with E-state index in [1.54, 1.807) is 24.3 Å². The quantitative estimate of drug-likeness (QED) is 0.237. The largest absolute Gasteiger partial charge is 0.508 e. The molecule has 1 fully saturated rings. The van der Waals surface area contributed by atoms with E-state index in [4.69, 9.17) is 4.74 Å². The van der Waals surface area contributed by atoms with E-state index >= 15 is 0 Å². The predicted octanol–water partition coefficient (Wildman–Crippen LogP) is 6.28. The van der Waals surface area contributed by atoms with Gasteiger partial charge in [0.05, 0.1) is 18.2 Å². The summed E-state index contributed by atoms with van der Waals surface area (Å²) in [5.74, 6) is -0.961. The van der Waals surface area contributed by atoms with Gasteiger partial charge in [-0.1, -0.05) is 52.0 Å². The zero-order valence-corrected chi connectivity index (χ0v) is 21.9. The second-order valence-corrected chi connectivity index (χ2v) is 10.2. The van der Waals surface area contributed by atoms with E-state index in [0.717, 1.165) is 17.5 Å². The number of phenolic OH excluding ortho intramolecular Hbond substituents is 1.